The van der Waals surface area contributed by atoms with Crippen molar-refractivity contribution in [3.8, 4) is 0 Å². The lowest BCUT2D eigenvalue weighted by Gasteiger charge is -2.38. The molecule has 3 rings (SSSR count). The first-order chi connectivity index (χ1) is 11.0. The third-order valence-corrected chi connectivity index (χ3v) is 5.20. The minimum atomic E-state index is -0.649. The number of thiocarbonyl (C=S) groups is 1. The summed E-state index contributed by atoms with van der Waals surface area (Å²) in [6, 6.07) is 5.77. The molecule has 0 radical (unpaired) electrons. The fraction of sp³-hybridized carbons (Fsp3) is 0.500. The molecule has 0 N–H and O–H groups in total. The zero-order valence-electron chi connectivity index (χ0n) is 13.1. The molecule has 2 unspecified atom stereocenters. The fourth-order valence-electron chi connectivity index (χ4n) is 3.23. The molecule has 1 aromatic rings. The highest BCUT2D eigenvalue weighted by atomic mass is 32.1. The summed E-state index contributed by atoms with van der Waals surface area (Å²) < 4.78 is 14.3. The number of rotatable bonds is 5. The SMILES string of the molecule is CC(=O)C1CCN(C(C(=O)C2CC2)c2ccccc2F)C(=S)C1. The Morgan fingerprint density at radius 1 is 1.22 bits per heavy atom. The summed E-state index contributed by atoms with van der Waals surface area (Å²) in [5.74, 6) is -0.242. The molecule has 5 heteroatoms. The highest BCUT2D eigenvalue weighted by Gasteiger charge is 2.41. The zero-order valence-corrected chi connectivity index (χ0v) is 13.9. The van der Waals surface area contributed by atoms with Crippen molar-refractivity contribution in [3.05, 3.63) is 35.6 Å². The lowest BCUT2D eigenvalue weighted by atomic mass is 9.89. The van der Waals surface area contributed by atoms with E-state index in [2.05, 4.69) is 0 Å². The fourth-order valence-corrected chi connectivity index (χ4v) is 3.63. The van der Waals surface area contributed by atoms with E-state index in [0.29, 0.717) is 29.9 Å². The van der Waals surface area contributed by atoms with Gasteiger partial charge in [-0.25, -0.2) is 4.39 Å². The van der Waals surface area contributed by atoms with Crippen molar-refractivity contribution in [1.29, 1.82) is 0 Å². The van der Waals surface area contributed by atoms with Gasteiger partial charge in [-0.1, -0.05) is 30.4 Å². The molecule has 2 fully saturated rings. The average molecular weight is 333 g/mol. The molecule has 122 valence electrons. The maximum absolute atomic E-state index is 14.3. The van der Waals surface area contributed by atoms with Crippen LogP contribution < -0.4 is 0 Å². The second-order valence-electron chi connectivity index (χ2n) is 6.49. The molecule has 1 saturated carbocycles. The van der Waals surface area contributed by atoms with E-state index in [1.165, 1.54) is 6.07 Å². The quantitative estimate of drug-likeness (QED) is 0.773. The van der Waals surface area contributed by atoms with E-state index in [-0.39, 0.29) is 29.2 Å². The summed E-state index contributed by atoms with van der Waals surface area (Å²) in [6.45, 7) is 2.10. The van der Waals surface area contributed by atoms with E-state index in [1.807, 2.05) is 4.90 Å². The van der Waals surface area contributed by atoms with Crippen molar-refractivity contribution < 1.29 is 14.0 Å². The normalized spacial score (nSPS) is 22.8. The summed E-state index contributed by atoms with van der Waals surface area (Å²) in [5.41, 5.74) is 0.396. The number of ketones is 2. The number of carbonyl (C=O) groups excluding carboxylic acids is 2. The molecule has 1 heterocycles. The molecule has 1 aromatic carbocycles. The highest BCUT2D eigenvalue weighted by molar-refractivity contribution is 7.80. The molecule has 2 aliphatic rings. The summed E-state index contributed by atoms with van der Waals surface area (Å²) in [6.07, 6.45) is 2.90. The number of nitrogens with zero attached hydrogens (tertiary/aromatic N) is 1. The maximum Gasteiger partial charge on any atom is 0.162 e. The minimum Gasteiger partial charge on any atom is -0.352 e. The second kappa shape index (κ2) is 6.48. The Hall–Kier alpha value is -1.62. The number of benzene rings is 1. The summed E-state index contributed by atoms with van der Waals surface area (Å²) >= 11 is 5.47. The van der Waals surface area contributed by atoms with E-state index in [9.17, 15) is 14.0 Å². The Morgan fingerprint density at radius 2 is 1.91 bits per heavy atom. The summed E-state index contributed by atoms with van der Waals surface area (Å²) in [5, 5.41) is 0. The standard InChI is InChI=1S/C18H20FNO2S/c1-11(21)13-8-9-20(16(23)10-13)17(18(22)12-6-7-12)14-4-2-3-5-15(14)19/h2-5,12-13,17H,6-10H2,1H3. The van der Waals surface area contributed by atoms with E-state index in [1.54, 1.807) is 25.1 Å². The zero-order chi connectivity index (χ0) is 16.6. The van der Waals surface area contributed by atoms with Gasteiger partial charge in [0.2, 0.25) is 0 Å². The van der Waals surface area contributed by atoms with E-state index < -0.39 is 6.04 Å². The van der Waals surface area contributed by atoms with Gasteiger partial charge in [0.05, 0.1) is 4.99 Å². The van der Waals surface area contributed by atoms with E-state index in [0.717, 1.165) is 12.8 Å². The van der Waals surface area contributed by atoms with Crippen LogP contribution in [0, 0.1) is 17.7 Å². The third-order valence-electron chi connectivity index (χ3n) is 4.80. The van der Waals surface area contributed by atoms with Gasteiger partial charge < -0.3 is 4.90 Å². The number of carbonyl (C=O) groups is 2. The van der Waals surface area contributed by atoms with Gasteiger partial charge in [0.15, 0.2) is 5.78 Å². The molecule has 23 heavy (non-hydrogen) atoms. The van der Waals surface area contributed by atoms with Crippen molar-refractivity contribution in [3.63, 3.8) is 0 Å². The number of Topliss-reactive ketones (excluding diaryl/α,β-unsaturated/α-hetero) is 2. The van der Waals surface area contributed by atoms with Gasteiger partial charge in [0.25, 0.3) is 0 Å². The topological polar surface area (TPSA) is 37.4 Å². The molecule has 0 spiro atoms. The average Bonchev–Trinajstić information content (AvgIpc) is 3.35. The highest BCUT2D eigenvalue weighted by Crippen LogP contribution is 2.39. The predicted molar refractivity (Wildman–Crippen MR) is 89.6 cm³/mol. The van der Waals surface area contributed by atoms with Crippen LogP contribution in [0.15, 0.2) is 24.3 Å². The van der Waals surface area contributed by atoms with Crippen LogP contribution >= 0.6 is 12.2 Å². The van der Waals surface area contributed by atoms with Crippen molar-refractivity contribution in [1.82, 2.24) is 4.90 Å². The lowest BCUT2D eigenvalue weighted by Crippen LogP contribution is -2.45. The first-order valence-electron chi connectivity index (χ1n) is 8.07. The maximum atomic E-state index is 14.3. The number of piperidine rings is 1. The van der Waals surface area contributed by atoms with Crippen LogP contribution in [0.3, 0.4) is 0 Å². The van der Waals surface area contributed by atoms with Crippen molar-refractivity contribution >= 4 is 28.8 Å². The Bertz CT molecular complexity index is 656. The van der Waals surface area contributed by atoms with Crippen LogP contribution in [0.25, 0.3) is 0 Å². The van der Waals surface area contributed by atoms with Gasteiger partial charge in [0.1, 0.15) is 17.6 Å². The Labute approximate surface area is 140 Å². The van der Waals surface area contributed by atoms with E-state index in [4.69, 9.17) is 12.2 Å². The summed E-state index contributed by atoms with van der Waals surface area (Å²) in [4.78, 5) is 26.8. The van der Waals surface area contributed by atoms with Gasteiger partial charge in [-0.3, -0.25) is 9.59 Å². The van der Waals surface area contributed by atoms with Crippen LogP contribution in [-0.4, -0.2) is 28.0 Å². The number of halogens is 1. The van der Waals surface area contributed by atoms with E-state index >= 15 is 0 Å². The lowest BCUT2D eigenvalue weighted by molar-refractivity contribution is -0.125. The first-order valence-corrected chi connectivity index (χ1v) is 8.48. The van der Waals surface area contributed by atoms with Gasteiger partial charge in [-0.15, -0.1) is 0 Å². The Morgan fingerprint density at radius 3 is 2.48 bits per heavy atom. The van der Waals surface area contributed by atoms with Crippen molar-refractivity contribution in [2.75, 3.05) is 6.54 Å². The Kier molecular flexibility index (Phi) is 4.57. The smallest absolute Gasteiger partial charge is 0.162 e. The molecule has 0 bridgehead atoms. The number of hydrogen-bond donors (Lipinski definition) is 0. The predicted octanol–water partition coefficient (Wildman–Crippen LogP) is 3.47. The summed E-state index contributed by atoms with van der Waals surface area (Å²) in [7, 11) is 0. The van der Waals surface area contributed by atoms with Crippen LogP contribution in [-0.2, 0) is 9.59 Å². The number of likely N-dealkylation sites (tertiary alicyclic amines) is 1. The molecule has 1 aliphatic carbocycles. The van der Waals surface area contributed by atoms with Crippen molar-refractivity contribution in [2.24, 2.45) is 11.8 Å². The minimum absolute atomic E-state index is 0.0212. The van der Waals surface area contributed by atoms with Gasteiger partial charge in [-0.05, 0) is 32.3 Å². The number of hydrogen-bond acceptors (Lipinski definition) is 3. The van der Waals surface area contributed by atoms with Crippen LogP contribution in [0.1, 0.15) is 44.2 Å². The molecule has 0 aromatic heterocycles. The Balaban J connectivity index is 1.90. The molecule has 2 atom stereocenters. The van der Waals surface area contributed by atoms with Crippen LogP contribution in [0.2, 0.25) is 0 Å². The van der Waals surface area contributed by atoms with Gasteiger partial charge in [-0.2, -0.15) is 0 Å². The van der Waals surface area contributed by atoms with Gasteiger partial charge in [0, 0.05) is 30.4 Å². The molecule has 1 aliphatic heterocycles. The third kappa shape index (κ3) is 3.34. The molecular formula is C18H20FNO2S. The van der Waals surface area contributed by atoms with Gasteiger partial charge >= 0.3 is 0 Å². The molecular weight excluding hydrogens is 313 g/mol. The second-order valence-corrected chi connectivity index (χ2v) is 6.96. The molecule has 0 amide bonds. The van der Waals surface area contributed by atoms with Crippen LogP contribution in [0.4, 0.5) is 4.39 Å². The first kappa shape index (κ1) is 16.2. The largest absolute Gasteiger partial charge is 0.352 e. The molecule has 3 nitrogen and oxygen atoms in total. The van der Waals surface area contributed by atoms with Crippen LogP contribution in [0.5, 0.6) is 0 Å². The van der Waals surface area contributed by atoms with Crippen molar-refractivity contribution in [2.45, 2.75) is 38.6 Å². The molecule has 1 saturated heterocycles. The monoisotopic (exact) mass is 333 g/mol.